The van der Waals surface area contributed by atoms with Crippen molar-refractivity contribution in [2.24, 2.45) is 5.10 Å². The molecular weight excluding hydrogens is 308 g/mol. The van der Waals surface area contributed by atoms with Crippen LogP contribution in [-0.2, 0) is 0 Å². The van der Waals surface area contributed by atoms with Crippen molar-refractivity contribution in [2.45, 2.75) is 0 Å². The molecule has 0 atom stereocenters. The van der Waals surface area contributed by atoms with E-state index in [0.717, 1.165) is 0 Å². The number of alkyl halides is 1. The molecule has 0 spiro atoms. The number of methoxy groups -OCH3 is 1. The number of aromatic nitrogens is 2. The van der Waals surface area contributed by atoms with E-state index in [4.69, 9.17) is 25.8 Å². The highest BCUT2D eigenvalue weighted by atomic mass is 35.5. The summed E-state index contributed by atoms with van der Waals surface area (Å²) in [6, 6.07) is 3.52. The Balaban J connectivity index is 2.03. The van der Waals surface area contributed by atoms with E-state index in [2.05, 4.69) is 20.5 Å². The van der Waals surface area contributed by atoms with Gasteiger partial charge in [-0.1, -0.05) is 0 Å². The monoisotopic (exact) mass is 319 g/mol. The minimum Gasteiger partial charge on any atom is -0.493 e. The van der Waals surface area contributed by atoms with E-state index in [1.165, 1.54) is 18.7 Å². The molecule has 7 nitrogen and oxygen atoms in total. The largest absolute Gasteiger partial charge is 0.493 e. The molecule has 0 bridgehead atoms. The van der Waals surface area contributed by atoms with Crippen LogP contribution >= 0.6 is 11.6 Å². The van der Waals surface area contributed by atoms with Crippen LogP contribution in [0.4, 0.5) is 0 Å². The molecule has 0 saturated heterocycles. The zero-order valence-electron chi connectivity index (χ0n) is 11.7. The summed E-state index contributed by atoms with van der Waals surface area (Å²) in [7, 11) is 1.56. The average molecular weight is 320 g/mol. The minimum atomic E-state index is 0.365. The van der Waals surface area contributed by atoms with E-state index < -0.39 is 0 Å². The van der Waals surface area contributed by atoms with Crippen LogP contribution in [0.1, 0.15) is 0 Å². The van der Waals surface area contributed by atoms with E-state index >= 15 is 0 Å². The Bertz CT molecular complexity index is 748. The molecule has 1 aromatic heterocycles. The highest BCUT2D eigenvalue weighted by molar-refractivity contribution is 6.18. The first-order chi connectivity index (χ1) is 10.8. The van der Waals surface area contributed by atoms with Crippen LogP contribution in [0.3, 0.4) is 0 Å². The van der Waals surface area contributed by atoms with Crippen LogP contribution in [0, 0.1) is 0 Å². The van der Waals surface area contributed by atoms with Crippen molar-refractivity contribution in [1.82, 2.24) is 15.4 Å². The first-order valence-corrected chi connectivity index (χ1v) is 6.98. The first kappa shape index (κ1) is 14.4. The van der Waals surface area contributed by atoms with Crippen molar-refractivity contribution in [3.8, 4) is 17.4 Å². The number of hydrogen-bond donors (Lipinski definition) is 0. The van der Waals surface area contributed by atoms with Crippen molar-refractivity contribution < 1.29 is 14.2 Å². The minimum absolute atomic E-state index is 0.365. The molecule has 0 amide bonds. The molecule has 1 aliphatic heterocycles. The first-order valence-electron chi connectivity index (χ1n) is 6.44. The summed E-state index contributed by atoms with van der Waals surface area (Å²) in [5.41, 5.74) is 4.38. The van der Waals surface area contributed by atoms with Gasteiger partial charge in [-0.2, -0.15) is 10.5 Å². The van der Waals surface area contributed by atoms with Crippen LogP contribution in [0.5, 0.6) is 17.4 Å². The number of halogens is 1. The second-order valence-electron chi connectivity index (χ2n) is 4.23. The molecule has 0 fully saturated rings. The molecule has 22 heavy (non-hydrogen) atoms. The zero-order valence-corrected chi connectivity index (χ0v) is 12.4. The maximum atomic E-state index is 5.67. The predicted octanol–water partition coefficient (Wildman–Crippen LogP) is 2.08. The molecule has 1 radical (unpaired) electrons. The third-order valence-electron chi connectivity index (χ3n) is 2.87. The van der Waals surface area contributed by atoms with Gasteiger partial charge in [0.1, 0.15) is 12.9 Å². The lowest BCUT2D eigenvalue weighted by molar-refractivity contribution is 0.313. The van der Waals surface area contributed by atoms with Crippen molar-refractivity contribution in [2.75, 3.05) is 19.6 Å². The molecule has 0 N–H and O–H groups in total. The number of rotatable bonds is 6. The van der Waals surface area contributed by atoms with Crippen LogP contribution in [0.25, 0.3) is 10.9 Å². The lowest BCUT2D eigenvalue weighted by Gasteiger charge is -2.12. The molecule has 2 heterocycles. The molecule has 1 aliphatic rings. The zero-order chi connectivity index (χ0) is 15.4. The smallest absolute Gasteiger partial charge is 0.230 e. The number of ether oxygens (including phenoxy) is 3. The number of nitrogens with zero attached hydrogens (tertiary/aromatic N) is 4. The summed E-state index contributed by atoms with van der Waals surface area (Å²) in [6.07, 6.45) is 4.42. The van der Waals surface area contributed by atoms with E-state index in [1.54, 1.807) is 19.2 Å². The molecule has 0 aliphatic carbocycles. The summed E-state index contributed by atoms with van der Waals surface area (Å²) in [6.45, 7) is 0.365. The van der Waals surface area contributed by atoms with Gasteiger partial charge in [0.2, 0.25) is 5.88 Å². The quantitative estimate of drug-likeness (QED) is 0.762. The highest BCUT2D eigenvalue weighted by Crippen LogP contribution is 2.35. The standard InChI is InChI=1S/C14H12ClN4O3/c1-20-12-5-11-10(4-13(12)21-3-2-15)14(17-8-16-11)22-9-6-18-19-7-9/h4-8H,2-3H2,1H3. The number of fused-ring (bicyclic) bond motifs is 1. The summed E-state index contributed by atoms with van der Waals surface area (Å²) >= 11 is 5.66. The third kappa shape index (κ3) is 2.89. The molecular formula is C14H12ClN4O3. The lowest BCUT2D eigenvalue weighted by atomic mass is 10.2. The Labute approximate surface area is 131 Å². The van der Waals surface area contributed by atoms with Crippen LogP contribution < -0.4 is 19.6 Å². The fourth-order valence-electron chi connectivity index (χ4n) is 1.92. The fraction of sp³-hybridized carbons (Fsp3) is 0.214. The fourth-order valence-corrected chi connectivity index (χ4v) is 2.00. The van der Waals surface area contributed by atoms with Crippen LogP contribution in [0.15, 0.2) is 35.5 Å². The molecule has 0 unspecified atom stereocenters. The summed E-state index contributed by atoms with van der Waals surface area (Å²) in [5.74, 6) is 2.38. The normalized spacial score (nSPS) is 12.9. The molecule has 0 saturated carbocycles. The van der Waals surface area contributed by atoms with Gasteiger partial charge >= 0.3 is 0 Å². The Kier molecular flexibility index (Phi) is 4.24. The van der Waals surface area contributed by atoms with Gasteiger partial charge in [-0.15, -0.1) is 11.6 Å². The predicted molar refractivity (Wildman–Crippen MR) is 81.6 cm³/mol. The van der Waals surface area contributed by atoms with E-state index in [1.807, 2.05) is 0 Å². The molecule has 1 aromatic carbocycles. The second kappa shape index (κ2) is 6.48. The second-order valence-corrected chi connectivity index (χ2v) is 4.61. The highest BCUT2D eigenvalue weighted by Gasteiger charge is 2.14. The third-order valence-corrected chi connectivity index (χ3v) is 3.02. The van der Waals surface area contributed by atoms with Crippen molar-refractivity contribution in [3.63, 3.8) is 0 Å². The van der Waals surface area contributed by atoms with Gasteiger partial charge in [0.25, 0.3) is 0 Å². The number of benzene rings is 1. The van der Waals surface area contributed by atoms with Gasteiger partial charge in [-0.25, -0.2) is 9.97 Å². The maximum absolute atomic E-state index is 5.67. The SMILES string of the molecule is COc1cc2ncnc(OC3=C[N]N=C3)c2cc1OCCCl. The van der Waals surface area contributed by atoms with Gasteiger partial charge in [0.15, 0.2) is 17.3 Å². The summed E-state index contributed by atoms with van der Waals surface area (Å²) in [5, 5.41) is 4.40. The van der Waals surface area contributed by atoms with Gasteiger partial charge < -0.3 is 14.2 Å². The molecule has 113 valence electrons. The lowest BCUT2D eigenvalue weighted by Crippen LogP contribution is -2.02. The Morgan fingerprint density at radius 2 is 2.09 bits per heavy atom. The summed E-state index contributed by atoms with van der Waals surface area (Å²) < 4.78 is 16.6. The molecule has 8 heteroatoms. The Morgan fingerprint density at radius 3 is 2.82 bits per heavy atom. The van der Waals surface area contributed by atoms with Crippen LogP contribution in [0.2, 0.25) is 0 Å². The topological polar surface area (TPSA) is 79.9 Å². The van der Waals surface area contributed by atoms with Gasteiger partial charge in [0.05, 0.1) is 36.3 Å². The van der Waals surface area contributed by atoms with E-state index in [9.17, 15) is 0 Å². The number of allylic oxidation sites excluding steroid dienone is 1. The van der Waals surface area contributed by atoms with Crippen LogP contribution in [-0.4, -0.2) is 35.8 Å². The molecule has 2 aromatic rings. The number of hydrogen-bond acceptors (Lipinski definition) is 6. The van der Waals surface area contributed by atoms with Crippen molar-refractivity contribution in [3.05, 3.63) is 30.4 Å². The van der Waals surface area contributed by atoms with Crippen molar-refractivity contribution in [1.29, 1.82) is 0 Å². The van der Waals surface area contributed by atoms with E-state index in [-0.39, 0.29) is 0 Å². The van der Waals surface area contributed by atoms with E-state index in [0.29, 0.717) is 46.5 Å². The Morgan fingerprint density at radius 1 is 1.18 bits per heavy atom. The van der Waals surface area contributed by atoms with Gasteiger partial charge in [-0.05, 0) is 6.07 Å². The van der Waals surface area contributed by atoms with Gasteiger partial charge in [0, 0.05) is 6.07 Å². The van der Waals surface area contributed by atoms with Gasteiger partial charge in [-0.3, -0.25) is 0 Å². The Hall–Kier alpha value is -2.54. The average Bonchev–Trinajstić information content (AvgIpc) is 3.05. The van der Waals surface area contributed by atoms with Crippen molar-refractivity contribution >= 4 is 28.7 Å². The molecule has 3 rings (SSSR count). The maximum Gasteiger partial charge on any atom is 0.230 e. The summed E-state index contributed by atoms with van der Waals surface area (Å²) in [4.78, 5) is 8.36.